The molecule has 0 atom stereocenters. The number of rotatable bonds is 5. The molecule has 0 aliphatic rings. The lowest BCUT2D eigenvalue weighted by atomic mass is 10.2. The smallest absolute Gasteiger partial charge is 0.118 e. The lowest BCUT2D eigenvalue weighted by Gasteiger charge is -2.03. The highest BCUT2D eigenvalue weighted by atomic mass is 79.9. The van der Waals surface area contributed by atoms with Crippen molar-refractivity contribution in [3.05, 3.63) is 47.8 Å². The van der Waals surface area contributed by atoms with Crippen LogP contribution in [0.5, 0.6) is 5.75 Å². The zero-order valence-corrected chi connectivity index (χ0v) is 11.4. The molecule has 17 heavy (non-hydrogen) atoms. The molecule has 90 valence electrons. The molecule has 1 heterocycles. The van der Waals surface area contributed by atoms with E-state index >= 15 is 0 Å². The third-order valence-corrected chi connectivity index (χ3v) is 2.97. The van der Waals surface area contributed by atoms with E-state index in [1.807, 2.05) is 23.0 Å². The van der Waals surface area contributed by atoms with E-state index in [9.17, 15) is 0 Å². The molecular formula is C13H15BrN2O. The average molecular weight is 295 g/mol. The molecule has 0 aliphatic heterocycles. The van der Waals surface area contributed by atoms with Crippen LogP contribution in [0.2, 0.25) is 0 Å². The molecule has 0 spiro atoms. The van der Waals surface area contributed by atoms with Crippen LogP contribution in [0.15, 0.2) is 36.7 Å². The van der Waals surface area contributed by atoms with Crippen molar-refractivity contribution < 1.29 is 4.74 Å². The monoisotopic (exact) mass is 294 g/mol. The van der Waals surface area contributed by atoms with E-state index in [-0.39, 0.29) is 0 Å². The van der Waals surface area contributed by atoms with E-state index in [1.165, 1.54) is 11.1 Å². The van der Waals surface area contributed by atoms with Crippen LogP contribution in [-0.2, 0) is 13.0 Å². The first-order chi connectivity index (χ1) is 8.31. The van der Waals surface area contributed by atoms with E-state index in [0.29, 0.717) is 0 Å². The molecule has 1 aromatic heterocycles. The molecule has 3 nitrogen and oxygen atoms in total. The van der Waals surface area contributed by atoms with Crippen molar-refractivity contribution in [2.75, 3.05) is 12.4 Å². The van der Waals surface area contributed by atoms with Gasteiger partial charge < -0.3 is 4.74 Å². The van der Waals surface area contributed by atoms with Gasteiger partial charge in [-0.1, -0.05) is 28.1 Å². The van der Waals surface area contributed by atoms with E-state index in [0.717, 1.165) is 24.0 Å². The van der Waals surface area contributed by atoms with Crippen molar-refractivity contribution in [2.45, 2.75) is 13.0 Å². The standard InChI is InChI=1S/C13H15BrN2O/c1-17-13-4-2-11(3-5-13)9-16-10-12(6-7-14)8-15-16/h2-5,8,10H,6-7,9H2,1H3. The van der Waals surface area contributed by atoms with Gasteiger partial charge in [-0.3, -0.25) is 4.68 Å². The third kappa shape index (κ3) is 3.33. The third-order valence-electron chi connectivity index (χ3n) is 2.57. The first-order valence-electron chi connectivity index (χ1n) is 5.52. The summed E-state index contributed by atoms with van der Waals surface area (Å²) in [6.07, 6.45) is 5.03. The van der Waals surface area contributed by atoms with Gasteiger partial charge in [0.05, 0.1) is 19.9 Å². The molecule has 0 radical (unpaired) electrons. The second-order valence-corrected chi connectivity index (χ2v) is 4.63. The number of ether oxygens (including phenoxy) is 1. The van der Waals surface area contributed by atoms with E-state index in [4.69, 9.17) is 4.74 Å². The fourth-order valence-corrected chi connectivity index (χ4v) is 2.11. The predicted molar refractivity (Wildman–Crippen MR) is 71.8 cm³/mol. The Balaban J connectivity index is 2.03. The van der Waals surface area contributed by atoms with Gasteiger partial charge in [-0.15, -0.1) is 0 Å². The van der Waals surface area contributed by atoms with Gasteiger partial charge in [0.2, 0.25) is 0 Å². The highest BCUT2D eigenvalue weighted by Crippen LogP contribution is 2.12. The molecule has 0 saturated carbocycles. The number of aromatic nitrogens is 2. The largest absolute Gasteiger partial charge is 0.497 e. The molecule has 0 aliphatic carbocycles. The maximum Gasteiger partial charge on any atom is 0.118 e. The number of alkyl halides is 1. The highest BCUT2D eigenvalue weighted by molar-refractivity contribution is 9.09. The summed E-state index contributed by atoms with van der Waals surface area (Å²) >= 11 is 3.43. The number of halogens is 1. The number of aryl methyl sites for hydroxylation is 1. The fraction of sp³-hybridized carbons (Fsp3) is 0.308. The Hall–Kier alpha value is -1.29. The lowest BCUT2D eigenvalue weighted by Crippen LogP contribution is -1.99. The molecule has 0 unspecified atom stereocenters. The Kier molecular flexibility index (Phi) is 4.20. The molecule has 0 fully saturated rings. The van der Waals surface area contributed by atoms with Crippen molar-refractivity contribution >= 4 is 15.9 Å². The summed E-state index contributed by atoms with van der Waals surface area (Å²) in [6, 6.07) is 8.06. The Morgan fingerprint density at radius 1 is 1.24 bits per heavy atom. The summed E-state index contributed by atoms with van der Waals surface area (Å²) < 4.78 is 7.09. The Morgan fingerprint density at radius 2 is 2.00 bits per heavy atom. The molecule has 0 saturated heterocycles. The molecular weight excluding hydrogens is 280 g/mol. The fourth-order valence-electron chi connectivity index (χ4n) is 1.65. The van der Waals surface area contributed by atoms with Crippen LogP contribution in [0, 0.1) is 0 Å². The second kappa shape index (κ2) is 5.87. The van der Waals surface area contributed by atoms with Gasteiger partial charge >= 0.3 is 0 Å². The highest BCUT2D eigenvalue weighted by Gasteiger charge is 1.99. The van der Waals surface area contributed by atoms with Crippen LogP contribution in [0.4, 0.5) is 0 Å². The van der Waals surface area contributed by atoms with Gasteiger partial charge in [-0.05, 0) is 29.7 Å². The first-order valence-corrected chi connectivity index (χ1v) is 6.64. The molecule has 2 aromatic rings. The Bertz CT molecular complexity index is 465. The Morgan fingerprint density at radius 3 is 2.65 bits per heavy atom. The quantitative estimate of drug-likeness (QED) is 0.793. The maximum atomic E-state index is 5.13. The number of hydrogen-bond donors (Lipinski definition) is 0. The lowest BCUT2D eigenvalue weighted by molar-refractivity contribution is 0.414. The molecule has 0 N–H and O–H groups in total. The Labute approximate surface area is 110 Å². The van der Waals surface area contributed by atoms with Crippen molar-refractivity contribution in [1.82, 2.24) is 9.78 Å². The first kappa shape index (κ1) is 12.2. The summed E-state index contributed by atoms with van der Waals surface area (Å²) in [5.74, 6) is 0.884. The van der Waals surface area contributed by atoms with Crippen molar-refractivity contribution in [3.8, 4) is 5.75 Å². The summed E-state index contributed by atoms with van der Waals surface area (Å²) in [5, 5.41) is 5.31. The summed E-state index contributed by atoms with van der Waals surface area (Å²) in [7, 11) is 1.68. The molecule has 2 rings (SSSR count). The van der Waals surface area contributed by atoms with Gasteiger partial charge in [-0.2, -0.15) is 5.10 Å². The minimum absolute atomic E-state index is 0.798. The normalized spacial score (nSPS) is 10.5. The average Bonchev–Trinajstić information content (AvgIpc) is 2.78. The van der Waals surface area contributed by atoms with Gasteiger partial charge in [0, 0.05) is 11.5 Å². The number of hydrogen-bond acceptors (Lipinski definition) is 2. The minimum atomic E-state index is 0.798. The van der Waals surface area contributed by atoms with Gasteiger partial charge in [-0.25, -0.2) is 0 Å². The van der Waals surface area contributed by atoms with Crippen molar-refractivity contribution in [1.29, 1.82) is 0 Å². The predicted octanol–water partition coefficient (Wildman–Crippen LogP) is 2.88. The number of benzene rings is 1. The van der Waals surface area contributed by atoms with Gasteiger partial charge in [0.15, 0.2) is 0 Å². The summed E-state index contributed by atoms with van der Waals surface area (Å²) in [6.45, 7) is 0.798. The zero-order chi connectivity index (χ0) is 12.1. The van der Waals surface area contributed by atoms with Gasteiger partial charge in [0.1, 0.15) is 5.75 Å². The molecule has 0 amide bonds. The van der Waals surface area contributed by atoms with Crippen LogP contribution in [0.3, 0.4) is 0 Å². The SMILES string of the molecule is COc1ccc(Cn2cc(CCBr)cn2)cc1. The molecule has 4 heteroatoms. The minimum Gasteiger partial charge on any atom is -0.497 e. The molecule has 1 aromatic carbocycles. The molecule has 0 bridgehead atoms. The van der Waals surface area contributed by atoms with Crippen molar-refractivity contribution in [3.63, 3.8) is 0 Å². The van der Waals surface area contributed by atoms with Crippen LogP contribution in [0.25, 0.3) is 0 Å². The van der Waals surface area contributed by atoms with Gasteiger partial charge in [0.25, 0.3) is 0 Å². The van der Waals surface area contributed by atoms with Crippen molar-refractivity contribution in [2.24, 2.45) is 0 Å². The van der Waals surface area contributed by atoms with E-state index < -0.39 is 0 Å². The summed E-state index contributed by atoms with van der Waals surface area (Å²) in [4.78, 5) is 0. The summed E-state index contributed by atoms with van der Waals surface area (Å²) in [5.41, 5.74) is 2.48. The topological polar surface area (TPSA) is 27.1 Å². The van der Waals surface area contributed by atoms with Crippen LogP contribution in [0.1, 0.15) is 11.1 Å². The van der Waals surface area contributed by atoms with E-state index in [1.54, 1.807) is 7.11 Å². The van der Waals surface area contributed by atoms with E-state index in [2.05, 4.69) is 39.4 Å². The maximum absolute atomic E-state index is 5.13. The number of methoxy groups -OCH3 is 1. The second-order valence-electron chi connectivity index (χ2n) is 3.83. The van der Waals surface area contributed by atoms with Crippen LogP contribution < -0.4 is 4.74 Å². The van der Waals surface area contributed by atoms with Crippen LogP contribution in [-0.4, -0.2) is 22.2 Å². The zero-order valence-electron chi connectivity index (χ0n) is 9.77. The number of nitrogens with zero attached hydrogens (tertiary/aromatic N) is 2. The van der Waals surface area contributed by atoms with Crippen LogP contribution >= 0.6 is 15.9 Å².